The molecule has 0 radical (unpaired) electrons. The molecule has 4 N–H and O–H groups in total. The summed E-state index contributed by atoms with van der Waals surface area (Å²) >= 11 is 11.9. The molecule has 0 bridgehead atoms. The second-order valence-electron chi connectivity index (χ2n) is 5.44. The molecule has 2 amide bonds. The van der Waals surface area contributed by atoms with Gasteiger partial charge in [0.1, 0.15) is 0 Å². The van der Waals surface area contributed by atoms with E-state index in [1.165, 1.54) is 0 Å². The molecule has 2 atom stereocenters. The Bertz CT molecular complexity index is 553. The number of halogens is 3. The molecule has 130 valence electrons. The summed E-state index contributed by atoms with van der Waals surface area (Å²) in [7, 11) is 0. The lowest BCUT2D eigenvalue weighted by Crippen LogP contribution is -2.47. The second kappa shape index (κ2) is 9.98. The van der Waals surface area contributed by atoms with Crippen molar-refractivity contribution in [2.45, 2.75) is 32.9 Å². The zero-order chi connectivity index (χ0) is 16.9. The number of rotatable bonds is 6. The van der Waals surface area contributed by atoms with E-state index in [1.54, 1.807) is 25.1 Å². The van der Waals surface area contributed by atoms with Crippen LogP contribution in [0, 0.1) is 5.92 Å². The van der Waals surface area contributed by atoms with E-state index >= 15 is 0 Å². The summed E-state index contributed by atoms with van der Waals surface area (Å²) in [6.07, 6.45) is 0. The van der Waals surface area contributed by atoms with Gasteiger partial charge in [0.15, 0.2) is 0 Å². The number of amides is 2. The number of nitrogens with one attached hydrogen (secondary N) is 2. The van der Waals surface area contributed by atoms with Crippen LogP contribution in [-0.4, -0.2) is 24.4 Å². The van der Waals surface area contributed by atoms with E-state index in [-0.39, 0.29) is 42.7 Å². The first-order chi connectivity index (χ1) is 10.2. The predicted octanol–water partition coefficient (Wildman–Crippen LogP) is 2.69. The van der Waals surface area contributed by atoms with Crippen LogP contribution in [0.3, 0.4) is 0 Å². The van der Waals surface area contributed by atoms with Crippen molar-refractivity contribution in [1.29, 1.82) is 0 Å². The molecule has 1 aromatic rings. The van der Waals surface area contributed by atoms with Gasteiger partial charge in [-0.1, -0.05) is 43.1 Å². The maximum atomic E-state index is 11.9. The van der Waals surface area contributed by atoms with Gasteiger partial charge in [0.25, 0.3) is 0 Å². The zero-order valence-electron chi connectivity index (χ0n) is 13.2. The highest BCUT2D eigenvalue weighted by Crippen LogP contribution is 2.25. The molecule has 8 heteroatoms. The van der Waals surface area contributed by atoms with E-state index in [4.69, 9.17) is 28.9 Å². The van der Waals surface area contributed by atoms with Crippen molar-refractivity contribution in [1.82, 2.24) is 10.6 Å². The average molecular weight is 383 g/mol. The highest BCUT2D eigenvalue weighted by Gasteiger charge is 2.18. The molecule has 23 heavy (non-hydrogen) atoms. The lowest BCUT2D eigenvalue weighted by molar-refractivity contribution is -0.127. The third-order valence-electron chi connectivity index (χ3n) is 3.25. The maximum Gasteiger partial charge on any atom is 0.239 e. The topological polar surface area (TPSA) is 84.2 Å². The van der Waals surface area contributed by atoms with Crippen molar-refractivity contribution in [2.75, 3.05) is 6.54 Å². The number of carbonyl (C=O) groups is 2. The van der Waals surface area contributed by atoms with Crippen LogP contribution >= 0.6 is 35.6 Å². The van der Waals surface area contributed by atoms with E-state index in [2.05, 4.69) is 10.6 Å². The van der Waals surface area contributed by atoms with Crippen molar-refractivity contribution in [3.63, 3.8) is 0 Å². The fraction of sp³-hybridized carbons (Fsp3) is 0.467. The van der Waals surface area contributed by atoms with Crippen LogP contribution in [0.1, 0.15) is 32.4 Å². The second-order valence-corrected chi connectivity index (χ2v) is 6.29. The van der Waals surface area contributed by atoms with Gasteiger partial charge in [-0.3, -0.25) is 9.59 Å². The van der Waals surface area contributed by atoms with Gasteiger partial charge in [-0.05, 0) is 30.5 Å². The number of benzene rings is 1. The summed E-state index contributed by atoms with van der Waals surface area (Å²) in [6.45, 7) is 5.35. The number of carbonyl (C=O) groups excluding carboxylic acids is 2. The maximum absolute atomic E-state index is 11.9. The molecule has 0 spiro atoms. The van der Waals surface area contributed by atoms with Crippen molar-refractivity contribution in [2.24, 2.45) is 11.7 Å². The fourth-order valence-electron chi connectivity index (χ4n) is 1.81. The smallest absolute Gasteiger partial charge is 0.239 e. The summed E-state index contributed by atoms with van der Waals surface area (Å²) < 4.78 is 0. The standard InChI is InChI=1S/C15H21Cl2N3O2.ClH/c1-8(2)14(18)15(22)19-7-13(21)20-9(3)11-5-4-10(16)6-12(11)17;/h4-6,8-9,14H,7,18H2,1-3H3,(H,19,22)(H,20,21);1H/t9?,14-;/m0./s1. The van der Waals surface area contributed by atoms with Crippen molar-refractivity contribution in [3.05, 3.63) is 33.8 Å². The molecular formula is C15H22Cl3N3O2. The Hall–Kier alpha value is -1.01. The summed E-state index contributed by atoms with van der Waals surface area (Å²) in [5.41, 5.74) is 6.45. The first-order valence-corrected chi connectivity index (χ1v) is 7.75. The molecule has 0 aliphatic rings. The van der Waals surface area contributed by atoms with Gasteiger partial charge in [-0.15, -0.1) is 12.4 Å². The lowest BCUT2D eigenvalue weighted by atomic mass is 10.1. The number of hydrogen-bond donors (Lipinski definition) is 3. The molecule has 0 saturated heterocycles. The molecule has 0 aromatic heterocycles. The van der Waals surface area contributed by atoms with Gasteiger partial charge in [-0.25, -0.2) is 0 Å². The van der Waals surface area contributed by atoms with Crippen LogP contribution < -0.4 is 16.4 Å². The van der Waals surface area contributed by atoms with Gasteiger partial charge in [0.05, 0.1) is 18.6 Å². The van der Waals surface area contributed by atoms with Crippen molar-refractivity contribution < 1.29 is 9.59 Å². The number of nitrogens with two attached hydrogens (primary N) is 1. The fourth-order valence-corrected chi connectivity index (χ4v) is 2.38. The Labute approximate surface area is 152 Å². The van der Waals surface area contributed by atoms with Crippen LogP contribution in [-0.2, 0) is 9.59 Å². The first-order valence-electron chi connectivity index (χ1n) is 7.00. The van der Waals surface area contributed by atoms with Crippen LogP contribution in [0.15, 0.2) is 18.2 Å². The van der Waals surface area contributed by atoms with E-state index in [9.17, 15) is 9.59 Å². The predicted molar refractivity (Wildman–Crippen MR) is 96.1 cm³/mol. The Morgan fingerprint density at radius 1 is 1.22 bits per heavy atom. The minimum absolute atomic E-state index is 0. The van der Waals surface area contributed by atoms with Gasteiger partial charge in [0, 0.05) is 10.0 Å². The molecule has 5 nitrogen and oxygen atoms in total. The Balaban J connectivity index is 0.00000484. The molecular weight excluding hydrogens is 361 g/mol. The minimum Gasteiger partial charge on any atom is -0.348 e. The SMILES string of the molecule is CC(NC(=O)CNC(=O)[C@@H](N)C(C)C)c1ccc(Cl)cc1Cl.Cl. The number of hydrogen-bond acceptors (Lipinski definition) is 3. The summed E-state index contributed by atoms with van der Waals surface area (Å²) in [5.74, 6) is -0.653. The molecule has 1 aromatic carbocycles. The Morgan fingerprint density at radius 2 is 1.83 bits per heavy atom. The normalized spacial score (nSPS) is 13.0. The third-order valence-corrected chi connectivity index (χ3v) is 3.81. The summed E-state index contributed by atoms with van der Waals surface area (Å²) in [4.78, 5) is 23.6. The highest BCUT2D eigenvalue weighted by molar-refractivity contribution is 6.35. The summed E-state index contributed by atoms with van der Waals surface area (Å²) in [6, 6.07) is 4.14. The van der Waals surface area contributed by atoms with Crippen LogP contribution in [0.2, 0.25) is 10.0 Å². The third kappa shape index (κ3) is 6.96. The molecule has 0 aliphatic carbocycles. The largest absolute Gasteiger partial charge is 0.348 e. The zero-order valence-corrected chi connectivity index (χ0v) is 15.6. The van der Waals surface area contributed by atoms with E-state index in [0.29, 0.717) is 10.0 Å². The van der Waals surface area contributed by atoms with Gasteiger partial charge < -0.3 is 16.4 Å². The van der Waals surface area contributed by atoms with E-state index < -0.39 is 6.04 Å². The van der Waals surface area contributed by atoms with Crippen molar-refractivity contribution in [3.8, 4) is 0 Å². The van der Waals surface area contributed by atoms with E-state index in [1.807, 2.05) is 13.8 Å². The van der Waals surface area contributed by atoms with Gasteiger partial charge >= 0.3 is 0 Å². The first kappa shape index (κ1) is 22.0. The molecule has 0 aliphatic heterocycles. The van der Waals surface area contributed by atoms with Crippen LogP contribution in [0.25, 0.3) is 0 Å². The van der Waals surface area contributed by atoms with Crippen LogP contribution in [0.4, 0.5) is 0 Å². The molecule has 0 fully saturated rings. The van der Waals surface area contributed by atoms with Gasteiger partial charge in [0.2, 0.25) is 11.8 Å². The van der Waals surface area contributed by atoms with Gasteiger partial charge in [-0.2, -0.15) is 0 Å². The van der Waals surface area contributed by atoms with E-state index in [0.717, 1.165) is 5.56 Å². The Morgan fingerprint density at radius 3 is 2.35 bits per heavy atom. The highest BCUT2D eigenvalue weighted by atomic mass is 35.5. The lowest BCUT2D eigenvalue weighted by Gasteiger charge is -2.18. The monoisotopic (exact) mass is 381 g/mol. The van der Waals surface area contributed by atoms with Crippen LogP contribution in [0.5, 0.6) is 0 Å². The van der Waals surface area contributed by atoms with Crippen molar-refractivity contribution >= 4 is 47.4 Å². The molecule has 0 heterocycles. The quantitative estimate of drug-likeness (QED) is 0.707. The summed E-state index contributed by atoms with van der Waals surface area (Å²) in [5, 5.41) is 6.28. The Kier molecular flexibility index (Phi) is 9.54. The molecule has 1 rings (SSSR count). The molecule has 0 saturated carbocycles. The molecule has 1 unspecified atom stereocenters. The minimum atomic E-state index is -0.629. The average Bonchev–Trinajstić information content (AvgIpc) is 2.43.